The summed E-state index contributed by atoms with van der Waals surface area (Å²) in [6.07, 6.45) is 1.20. The fraction of sp³-hybridized carbons (Fsp3) is 0.533. The summed E-state index contributed by atoms with van der Waals surface area (Å²) in [5.41, 5.74) is 2.34. The second-order valence-electron chi connectivity index (χ2n) is 5.56. The zero-order chi connectivity index (χ0) is 16.8. The second-order valence-corrected chi connectivity index (χ2v) is 7.39. The summed E-state index contributed by atoms with van der Waals surface area (Å²) in [6, 6.07) is 8.15. The predicted molar refractivity (Wildman–Crippen MR) is 88.1 cm³/mol. The molecule has 0 bridgehead atoms. The van der Waals surface area contributed by atoms with Crippen LogP contribution in [0.4, 0.5) is 0 Å². The van der Waals surface area contributed by atoms with Crippen LogP contribution in [0.2, 0.25) is 0 Å². The van der Waals surface area contributed by atoms with Crippen molar-refractivity contribution in [1.82, 2.24) is 14.9 Å². The smallest absolute Gasteiger partial charge is 0.221 e. The van der Waals surface area contributed by atoms with Gasteiger partial charge in [0.15, 0.2) is 0 Å². The van der Waals surface area contributed by atoms with Gasteiger partial charge in [0.1, 0.15) is 0 Å². The molecule has 0 saturated heterocycles. The third-order valence-corrected chi connectivity index (χ3v) is 4.11. The monoisotopic (exact) mass is 327 g/mol. The van der Waals surface area contributed by atoms with E-state index in [0.717, 1.165) is 6.26 Å². The standard InChI is InChI=1S/C15H25N3O3S/c1-12-7-5-6-8-13(12)14(18(2)3)11-16-15(19)9-10-17-22(4,20)21/h5-8,14,17H,9-11H2,1-4H3,(H,16,19)/t14-/m0/s1. The van der Waals surface area contributed by atoms with Gasteiger partial charge in [-0.3, -0.25) is 4.79 Å². The molecule has 0 spiro atoms. The largest absolute Gasteiger partial charge is 0.354 e. The Morgan fingerprint density at radius 2 is 1.91 bits per heavy atom. The number of amides is 1. The van der Waals surface area contributed by atoms with Crippen LogP contribution in [0.25, 0.3) is 0 Å². The highest BCUT2D eigenvalue weighted by atomic mass is 32.2. The number of carbonyl (C=O) groups is 1. The van der Waals surface area contributed by atoms with Crippen LogP contribution >= 0.6 is 0 Å². The number of aryl methyl sites for hydroxylation is 1. The van der Waals surface area contributed by atoms with E-state index in [2.05, 4.69) is 21.0 Å². The molecule has 0 aliphatic carbocycles. The molecule has 1 atom stereocenters. The number of benzene rings is 1. The third kappa shape index (κ3) is 6.55. The summed E-state index contributed by atoms with van der Waals surface area (Å²) in [4.78, 5) is 13.9. The highest BCUT2D eigenvalue weighted by molar-refractivity contribution is 7.88. The van der Waals surface area contributed by atoms with E-state index < -0.39 is 10.0 Å². The first-order chi connectivity index (χ1) is 10.2. The van der Waals surface area contributed by atoms with Crippen LogP contribution in [-0.2, 0) is 14.8 Å². The molecule has 1 rings (SSSR count). The van der Waals surface area contributed by atoms with E-state index in [4.69, 9.17) is 0 Å². The Bertz CT molecular complexity index is 600. The Kier molecular flexibility index (Phi) is 6.99. The van der Waals surface area contributed by atoms with Crippen molar-refractivity contribution in [2.45, 2.75) is 19.4 Å². The first kappa shape index (κ1) is 18.6. The quantitative estimate of drug-likeness (QED) is 0.735. The van der Waals surface area contributed by atoms with E-state index in [9.17, 15) is 13.2 Å². The third-order valence-electron chi connectivity index (χ3n) is 3.38. The zero-order valence-corrected chi connectivity index (χ0v) is 14.4. The molecule has 0 heterocycles. The van der Waals surface area contributed by atoms with Crippen molar-refractivity contribution in [2.24, 2.45) is 0 Å². The molecule has 1 aromatic carbocycles. The maximum atomic E-state index is 11.8. The number of hydrogen-bond acceptors (Lipinski definition) is 4. The van der Waals surface area contributed by atoms with E-state index in [0.29, 0.717) is 6.54 Å². The molecular formula is C15H25N3O3S. The van der Waals surface area contributed by atoms with Gasteiger partial charge in [-0.1, -0.05) is 24.3 Å². The van der Waals surface area contributed by atoms with Crippen molar-refractivity contribution in [1.29, 1.82) is 0 Å². The number of rotatable bonds is 8. The molecule has 0 aromatic heterocycles. The lowest BCUT2D eigenvalue weighted by atomic mass is 10.0. The van der Waals surface area contributed by atoms with E-state index in [1.165, 1.54) is 11.1 Å². The van der Waals surface area contributed by atoms with E-state index in [-0.39, 0.29) is 24.9 Å². The Morgan fingerprint density at radius 1 is 1.27 bits per heavy atom. The summed E-state index contributed by atoms with van der Waals surface area (Å²) >= 11 is 0. The van der Waals surface area contributed by atoms with E-state index >= 15 is 0 Å². The molecule has 0 aliphatic heterocycles. The topological polar surface area (TPSA) is 78.5 Å². The SMILES string of the molecule is Cc1ccccc1[C@H](CNC(=O)CCNS(C)(=O)=O)N(C)C. The van der Waals surface area contributed by atoms with Crippen molar-refractivity contribution in [2.75, 3.05) is 33.4 Å². The number of hydrogen-bond donors (Lipinski definition) is 2. The van der Waals surface area contributed by atoms with Gasteiger partial charge in [-0.15, -0.1) is 0 Å². The molecule has 1 aromatic rings. The summed E-state index contributed by atoms with van der Waals surface area (Å²) in [7, 11) is 0.682. The lowest BCUT2D eigenvalue weighted by molar-refractivity contribution is -0.121. The lowest BCUT2D eigenvalue weighted by Crippen LogP contribution is -2.36. The average Bonchev–Trinajstić information content (AvgIpc) is 2.39. The molecule has 7 heteroatoms. The van der Waals surface area contributed by atoms with E-state index in [1.54, 1.807) is 0 Å². The van der Waals surface area contributed by atoms with Gasteiger partial charge in [0.2, 0.25) is 15.9 Å². The van der Waals surface area contributed by atoms with Gasteiger partial charge in [-0.2, -0.15) is 0 Å². The van der Waals surface area contributed by atoms with Gasteiger partial charge in [-0.05, 0) is 32.1 Å². The van der Waals surface area contributed by atoms with Gasteiger partial charge in [0.25, 0.3) is 0 Å². The highest BCUT2D eigenvalue weighted by Crippen LogP contribution is 2.20. The van der Waals surface area contributed by atoms with Crippen LogP contribution in [0.1, 0.15) is 23.6 Å². The minimum absolute atomic E-state index is 0.0769. The Balaban J connectivity index is 2.55. The zero-order valence-electron chi connectivity index (χ0n) is 13.6. The van der Waals surface area contributed by atoms with Gasteiger partial charge in [0, 0.05) is 19.5 Å². The number of sulfonamides is 1. The molecular weight excluding hydrogens is 302 g/mol. The molecule has 22 heavy (non-hydrogen) atoms. The normalized spacial score (nSPS) is 13.1. The molecule has 2 N–H and O–H groups in total. The highest BCUT2D eigenvalue weighted by Gasteiger charge is 2.16. The fourth-order valence-electron chi connectivity index (χ4n) is 2.18. The maximum absolute atomic E-state index is 11.8. The van der Waals surface area contributed by atoms with Crippen LogP contribution in [0.15, 0.2) is 24.3 Å². The molecule has 0 saturated carbocycles. The van der Waals surface area contributed by atoms with Gasteiger partial charge >= 0.3 is 0 Å². The van der Waals surface area contributed by atoms with Crippen LogP contribution < -0.4 is 10.0 Å². The summed E-state index contributed by atoms with van der Waals surface area (Å²) < 4.78 is 24.2. The van der Waals surface area contributed by atoms with Gasteiger partial charge in [-0.25, -0.2) is 13.1 Å². The molecule has 0 aliphatic rings. The van der Waals surface area contributed by atoms with Gasteiger partial charge in [0.05, 0.1) is 12.3 Å². The predicted octanol–water partition coefficient (Wildman–Crippen LogP) is 0.653. The van der Waals surface area contributed by atoms with E-state index in [1.807, 2.05) is 39.2 Å². The van der Waals surface area contributed by atoms with Gasteiger partial charge < -0.3 is 10.2 Å². The average molecular weight is 327 g/mol. The Hall–Kier alpha value is -1.44. The molecule has 124 valence electrons. The lowest BCUT2D eigenvalue weighted by Gasteiger charge is -2.26. The van der Waals surface area contributed by atoms with Crippen molar-refractivity contribution in [3.05, 3.63) is 35.4 Å². The summed E-state index contributed by atoms with van der Waals surface area (Å²) in [5, 5.41) is 2.86. The van der Waals surface area contributed by atoms with Crippen LogP contribution in [0.3, 0.4) is 0 Å². The van der Waals surface area contributed by atoms with Crippen molar-refractivity contribution in [3.8, 4) is 0 Å². The number of likely N-dealkylation sites (N-methyl/N-ethyl adjacent to an activating group) is 1. The minimum Gasteiger partial charge on any atom is -0.354 e. The van der Waals surface area contributed by atoms with Crippen molar-refractivity contribution in [3.63, 3.8) is 0 Å². The first-order valence-corrected chi connectivity index (χ1v) is 9.03. The second kappa shape index (κ2) is 8.26. The summed E-state index contributed by atoms with van der Waals surface area (Å²) in [5.74, 6) is -0.170. The number of carbonyl (C=O) groups excluding carboxylic acids is 1. The minimum atomic E-state index is -3.25. The summed E-state index contributed by atoms with van der Waals surface area (Å²) in [6.45, 7) is 2.64. The maximum Gasteiger partial charge on any atom is 0.221 e. The van der Waals surface area contributed by atoms with Crippen LogP contribution in [-0.4, -0.2) is 52.7 Å². The molecule has 0 radical (unpaired) electrons. The Labute approximate surface area is 132 Å². The van der Waals surface area contributed by atoms with Crippen LogP contribution in [0.5, 0.6) is 0 Å². The molecule has 0 fully saturated rings. The van der Waals surface area contributed by atoms with Crippen molar-refractivity contribution >= 4 is 15.9 Å². The molecule has 1 amide bonds. The Morgan fingerprint density at radius 3 is 2.45 bits per heavy atom. The number of nitrogens with one attached hydrogen (secondary N) is 2. The molecule has 6 nitrogen and oxygen atoms in total. The fourth-order valence-corrected chi connectivity index (χ4v) is 2.65. The number of nitrogens with zero attached hydrogens (tertiary/aromatic N) is 1. The molecule has 0 unspecified atom stereocenters. The van der Waals surface area contributed by atoms with Crippen molar-refractivity contribution < 1.29 is 13.2 Å². The first-order valence-electron chi connectivity index (χ1n) is 7.14. The van der Waals surface area contributed by atoms with Crippen LogP contribution in [0, 0.1) is 6.92 Å².